The highest BCUT2D eigenvalue weighted by Gasteiger charge is 2.20. The second-order valence-corrected chi connectivity index (χ2v) is 7.51. The first kappa shape index (κ1) is 18.9. The van der Waals surface area contributed by atoms with Crippen LogP contribution in [-0.2, 0) is 11.2 Å². The molecule has 0 unspecified atom stereocenters. The lowest BCUT2D eigenvalue weighted by Gasteiger charge is -2.19. The van der Waals surface area contributed by atoms with Gasteiger partial charge in [-0.05, 0) is 55.2 Å². The quantitative estimate of drug-likeness (QED) is 0.645. The molecule has 0 heterocycles. The van der Waals surface area contributed by atoms with Crippen LogP contribution in [-0.4, -0.2) is 11.2 Å². The second kappa shape index (κ2) is 9.14. The van der Waals surface area contributed by atoms with Crippen molar-refractivity contribution >= 4 is 29.3 Å². The first-order valence-corrected chi connectivity index (χ1v) is 9.60. The van der Waals surface area contributed by atoms with Crippen molar-refractivity contribution in [2.45, 2.75) is 49.8 Å². The predicted octanol–water partition coefficient (Wildman–Crippen LogP) is 5.65. The van der Waals surface area contributed by atoms with Crippen LogP contribution in [0.25, 0.3) is 0 Å². The number of nitrogens with one attached hydrogen (secondary N) is 1. The van der Waals surface area contributed by atoms with E-state index in [1.165, 1.54) is 5.56 Å². The molecule has 0 aliphatic carbocycles. The molecule has 2 aromatic carbocycles. The molecule has 0 aliphatic rings. The molecule has 0 fully saturated rings. The van der Waals surface area contributed by atoms with Crippen molar-refractivity contribution in [3.8, 4) is 0 Å². The lowest BCUT2D eigenvalue weighted by molar-refractivity contribution is -0.121. The van der Waals surface area contributed by atoms with Crippen LogP contribution >= 0.6 is 23.4 Å². The van der Waals surface area contributed by atoms with Crippen LogP contribution in [0, 0.1) is 0 Å². The van der Waals surface area contributed by atoms with E-state index in [-0.39, 0.29) is 17.2 Å². The van der Waals surface area contributed by atoms with Gasteiger partial charge in [-0.2, -0.15) is 0 Å². The van der Waals surface area contributed by atoms with Gasteiger partial charge in [-0.1, -0.05) is 49.7 Å². The van der Waals surface area contributed by atoms with Crippen molar-refractivity contribution < 1.29 is 4.79 Å². The SMILES string of the molecule is CCc1ccc([C@@H](C)NC(=O)[C@H](CC)Sc2ccc(Cl)cc2)cc1. The third-order valence-electron chi connectivity index (χ3n) is 4.00. The molecule has 2 nitrogen and oxygen atoms in total. The Balaban J connectivity index is 1.98. The highest BCUT2D eigenvalue weighted by Crippen LogP contribution is 2.27. The molecule has 0 aliphatic heterocycles. The number of thioether (sulfide) groups is 1. The zero-order valence-corrected chi connectivity index (χ0v) is 16.0. The number of rotatable bonds is 7. The second-order valence-electron chi connectivity index (χ2n) is 5.79. The minimum Gasteiger partial charge on any atom is -0.349 e. The zero-order valence-electron chi connectivity index (χ0n) is 14.4. The van der Waals surface area contributed by atoms with Crippen molar-refractivity contribution in [1.29, 1.82) is 0 Å². The van der Waals surface area contributed by atoms with Gasteiger partial charge in [0.2, 0.25) is 5.91 Å². The number of carbonyl (C=O) groups excluding carboxylic acids is 1. The summed E-state index contributed by atoms with van der Waals surface area (Å²) in [5, 5.41) is 3.73. The van der Waals surface area contributed by atoms with Crippen molar-refractivity contribution in [2.24, 2.45) is 0 Å². The molecule has 1 N–H and O–H groups in total. The van der Waals surface area contributed by atoms with Gasteiger partial charge in [0.1, 0.15) is 0 Å². The molecule has 4 heteroatoms. The Morgan fingerprint density at radius 3 is 2.25 bits per heavy atom. The summed E-state index contributed by atoms with van der Waals surface area (Å²) in [6.45, 7) is 6.20. The van der Waals surface area contributed by atoms with Crippen LogP contribution in [0.15, 0.2) is 53.4 Å². The summed E-state index contributed by atoms with van der Waals surface area (Å²) in [5.41, 5.74) is 2.44. The average Bonchev–Trinajstić information content (AvgIpc) is 2.61. The van der Waals surface area contributed by atoms with E-state index in [1.54, 1.807) is 11.8 Å². The Labute approximate surface area is 154 Å². The molecule has 0 radical (unpaired) electrons. The molecule has 0 aromatic heterocycles. The Kier molecular flexibility index (Phi) is 7.19. The number of halogens is 1. The fraction of sp³-hybridized carbons (Fsp3) is 0.350. The fourth-order valence-corrected chi connectivity index (χ4v) is 3.52. The van der Waals surface area contributed by atoms with E-state index in [4.69, 9.17) is 11.6 Å². The van der Waals surface area contributed by atoms with Gasteiger partial charge in [0.25, 0.3) is 0 Å². The maximum Gasteiger partial charge on any atom is 0.233 e. The van der Waals surface area contributed by atoms with Crippen LogP contribution in [0.2, 0.25) is 5.02 Å². The first-order chi connectivity index (χ1) is 11.5. The molecule has 0 spiro atoms. The van der Waals surface area contributed by atoms with Gasteiger partial charge in [-0.15, -0.1) is 11.8 Å². The molecule has 2 atom stereocenters. The van der Waals surface area contributed by atoms with Gasteiger partial charge < -0.3 is 5.32 Å². The molecule has 2 rings (SSSR count). The average molecular weight is 362 g/mol. The third-order valence-corrected chi connectivity index (χ3v) is 5.63. The molecule has 2 aromatic rings. The van der Waals surface area contributed by atoms with Gasteiger partial charge in [-0.25, -0.2) is 0 Å². The Morgan fingerprint density at radius 1 is 1.08 bits per heavy atom. The van der Waals surface area contributed by atoms with E-state index in [2.05, 4.69) is 36.5 Å². The number of carbonyl (C=O) groups is 1. The summed E-state index contributed by atoms with van der Waals surface area (Å²) in [7, 11) is 0. The van der Waals surface area contributed by atoms with Crippen molar-refractivity contribution in [3.63, 3.8) is 0 Å². The van der Waals surface area contributed by atoms with Crippen molar-refractivity contribution in [1.82, 2.24) is 5.32 Å². The van der Waals surface area contributed by atoms with Crippen LogP contribution in [0.3, 0.4) is 0 Å². The highest BCUT2D eigenvalue weighted by molar-refractivity contribution is 8.00. The highest BCUT2D eigenvalue weighted by atomic mass is 35.5. The lowest BCUT2D eigenvalue weighted by Crippen LogP contribution is -2.34. The largest absolute Gasteiger partial charge is 0.349 e. The molecule has 0 bridgehead atoms. The summed E-state index contributed by atoms with van der Waals surface area (Å²) < 4.78 is 0. The maximum absolute atomic E-state index is 12.6. The van der Waals surface area contributed by atoms with Crippen molar-refractivity contribution in [2.75, 3.05) is 0 Å². The molecule has 0 saturated carbocycles. The number of hydrogen-bond acceptors (Lipinski definition) is 2. The van der Waals surface area contributed by atoms with E-state index in [0.29, 0.717) is 5.02 Å². The maximum atomic E-state index is 12.6. The van der Waals surface area contributed by atoms with E-state index in [9.17, 15) is 4.79 Å². The van der Waals surface area contributed by atoms with Crippen molar-refractivity contribution in [3.05, 3.63) is 64.7 Å². The predicted molar refractivity (Wildman–Crippen MR) is 104 cm³/mol. The summed E-state index contributed by atoms with van der Waals surface area (Å²) in [5.74, 6) is 0.0736. The lowest BCUT2D eigenvalue weighted by atomic mass is 10.0. The van der Waals surface area contributed by atoms with E-state index < -0.39 is 0 Å². The summed E-state index contributed by atoms with van der Waals surface area (Å²) in [6, 6.07) is 16.1. The van der Waals surface area contributed by atoms with E-state index in [0.717, 1.165) is 23.3 Å². The standard InChI is InChI=1S/C20H24ClNOS/c1-4-15-6-8-16(9-7-15)14(3)22-20(23)19(5-2)24-18-12-10-17(21)11-13-18/h6-14,19H,4-5H2,1-3H3,(H,22,23)/t14-,19+/m1/s1. The van der Waals surface area contributed by atoms with Gasteiger partial charge in [0.05, 0.1) is 11.3 Å². The monoisotopic (exact) mass is 361 g/mol. The number of benzene rings is 2. The van der Waals surface area contributed by atoms with Gasteiger partial charge in [0, 0.05) is 9.92 Å². The minimum absolute atomic E-state index is 0.00303. The van der Waals surface area contributed by atoms with Crippen LogP contribution < -0.4 is 5.32 Å². The smallest absolute Gasteiger partial charge is 0.233 e. The summed E-state index contributed by atoms with van der Waals surface area (Å²) in [6.07, 6.45) is 1.80. The summed E-state index contributed by atoms with van der Waals surface area (Å²) in [4.78, 5) is 13.7. The molecule has 24 heavy (non-hydrogen) atoms. The first-order valence-electron chi connectivity index (χ1n) is 8.35. The third kappa shape index (κ3) is 5.29. The normalized spacial score (nSPS) is 13.3. The molecular formula is C20H24ClNOS. The van der Waals surface area contributed by atoms with Crippen LogP contribution in [0.4, 0.5) is 0 Å². The minimum atomic E-state index is -0.108. The molecule has 1 amide bonds. The van der Waals surface area contributed by atoms with E-state index in [1.807, 2.05) is 38.1 Å². The fourth-order valence-electron chi connectivity index (χ4n) is 2.43. The van der Waals surface area contributed by atoms with Gasteiger partial charge in [-0.3, -0.25) is 4.79 Å². The Morgan fingerprint density at radius 2 is 1.71 bits per heavy atom. The number of hydrogen-bond donors (Lipinski definition) is 1. The van der Waals surface area contributed by atoms with Crippen LogP contribution in [0.1, 0.15) is 44.4 Å². The van der Waals surface area contributed by atoms with Gasteiger partial charge in [0.15, 0.2) is 0 Å². The van der Waals surface area contributed by atoms with E-state index >= 15 is 0 Å². The number of aryl methyl sites for hydroxylation is 1. The summed E-state index contributed by atoms with van der Waals surface area (Å²) >= 11 is 7.49. The topological polar surface area (TPSA) is 29.1 Å². The Hall–Kier alpha value is -1.45. The molecule has 128 valence electrons. The number of amides is 1. The Bertz CT molecular complexity index is 654. The molecular weight excluding hydrogens is 338 g/mol. The van der Waals surface area contributed by atoms with Crippen LogP contribution in [0.5, 0.6) is 0 Å². The van der Waals surface area contributed by atoms with Gasteiger partial charge >= 0.3 is 0 Å². The molecule has 0 saturated heterocycles. The zero-order chi connectivity index (χ0) is 17.5.